The molecule has 0 aromatic heterocycles. The average Bonchev–Trinajstić information content (AvgIpc) is 2.14. The van der Waals surface area contributed by atoms with Gasteiger partial charge in [-0.25, -0.2) is 8.42 Å². The summed E-state index contributed by atoms with van der Waals surface area (Å²) in [6.07, 6.45) is 0.696. The quantitative estimate of drug-likeness (QED) is 0.753. The third-order valence-corrected chi connectivity index (χ3v) is 3.24. The highest BCUT2D eigenvalue weighted by atomic mass is 35.7. The van der Waals surface area contributed by atoms with Gasteiger partial charge in [0.25, 0.3) is 9.05 Å². The summed E-state index contributed by atoms with van der Waals surface area (Å²) in [7, 11) is 1.51. The molecule has 0 amide bonds. The molecule has 0 unspecified atom stereocenters. The largest absolute Gasteiger partial charge is 0.261 e. The molecular formula is C9H10ClFO2S. The molecule has 0 aliphatic heterocycles. The number of alkyl halides is 1. The van der Waals surface area contributed by atoms with Crippen molar-refractivity contribution in [2.45, 2.75) is 17.7 Å². The molecule has 2 nitrogen and oxygen atoms in total. The fourth-order valence-electron chi connectivity index (χ4n) is 1.21. The molecule has 5 heteroatoms. The molecule has 0 aliphatic rings. The zero-order chi connectivity index (χ0) is 10.6. The molecule has 1 aromatic rings. The third-order valence-electron chi connectivity index (χ3n) is 1.82. The van der Waals surface area contributed by atoms with E-state index in [0.717, 1.165) is 0 Å². The summed E-state index contributed by atoms with van der Waals surface area (Å²) in [5.74, 6) is 0. The smallest absolute Gasteiger partial charge is 0.251 e. The van der Waals surface area contributed by atoms with E-state index in [4.69, 9.17) is 10.7 Å². The van der Waals surface area contributed by atoms with Crippen molar-refractivity contribution in [3.63, 3.8) is 0 Å². The van der Waals surface area contributed by atoms with Crippen molar-refractivity contribution < 1.29 is 12.8 Å². The van der Waals surface area contributed by atoms with Crippen molar-refractivity contribution in [1.82, 2.24) is 0 Å². The van der Waals surface area contributed by atoms with E-state index < -0.39 is 15.7 Å². The van der Waals surface area contributed by atoms with Gasteiger partial charge in [-0.1, -0.05) is 18.2 Å². The van der Waals surface area contributed by atoms with E-state index in [-0.39, 0.29) is 4.90 Å². The van der Waals surface area contributed by atoms with E-state index in [0.29, 0.717) is 18.4 Å². The summed E-state index contributed by atoms with van der Waals surface area (Å²) in [5.41, 5.74) is 0.570. The van der Waals surface area contributed by atoms with Crippen LogP contribution in [0.5, 0.6) is 0 Å². The minimum Gasteiger partial charge on any atom is -0.251 e. The van der Waals surface area contributed by atoms with E-state index in [9.17, 15) is 12.8 Å². The van der Waals surface area contributed by atoms with Gasteiger partial charge in [0.1, 0.15) is 0 Å². The first kappa shape index (κ1) is 11.5. The number of benzene rings is 1. The zero-order valence-corrected chi connectivity index (χ0v) is 8.98. The lowest BCUT2D eigenvalue weighted by Gasteiger charge is -2.04. The number of halogens is 2. The van der Waals surface area contributed by atoms with Gasteiger partial charge in [0.15, 0.2) is 0 Å². The number of hydrogen-bond donors (Lipinski definition) is 0. The Morgan fingerprint density at radius 3 is 2.50 bits per heavy atom. The van der Waals surface area contributed by atoms with Crippen LogP contribution in [0.4, 0.5) is 4.39 Å². The molecule has 78 valence electrons. The monoisotopic (exact) mass is 236 g/mol. The molecule has 1 rings (SSSR count). The minimum absolute atomic E-state index is 0.0788. The fourth-order valence-corrected chi connectivity index (χ4v) is 2.38. The lowest BCUT2D eigenvalue weighted by Crippen LogP contribution is -1.98. The van der Waals surface area contributed by atoms with Crippen molar-refractivity contribution in [3.05, 3.63) is 29.8 Å². The second kappa shape index (κ2) is 4.75. The maximum absolute atomic E-state index is 11.9. The van der Waals surface area contributed by atoms with Gasteiger partial charge in [-0.15, -0.1) is 0 Å². The van der Waals surface area contributed by atoms with Crippen LogP contribution in [-0.2, 0) is 15.5 Å². The highest BCUT2D eigenvalue weighted by Gasteiger charge is 2.13. The first-order valence-electron chi connectivity index (χ1n) is 4.14. The molecule has 14 heavy (non-hydrogen) atoms. The molecule has 0 saturated carbocycles. The molecule has 0 atom stereocenters. The Balaban J connectivity index is 3.04. The predicted octanol–water partition coefficient (Wildman–Crippen LogP) is 2.52. The summed E-state index contributed by atoms with van der Waals surface area (Å²) in [6, 6.07) is 6.37. The van der Waals surface area contributed by atoms with Crippen LogP contribution >= 0.6 is 10.7 Å². The Morgan fingerprint density at radius 2 is 1.93 bits per heavy atom. The van der Waals surface area contributed by atoms with Crippen molar-refractivity contribution in [2.24, 2.45) is 0 Å². The molecule has 0 N–H and O–H groups in total. The van der Waals surface area contributed by atoms with E-state index in [1.165, 1.54) is 6.07 Å². The molecule has 0 saturated heterocycles. The van der Waals surface area contributed by atoms with Crippen molar-refractivity contribution in [2.75, 3.05) is 6.67 Å². The second-order valence-electron chi connectivity index (χ2n) is 2.84. The van der Waals surface area contributed by atoms with Crippen LogP contribution in [0.2, 0.25) is 0 Å². The minimum atomic E-state index is -3.71. The van der Waals surface area contributed by atoms with Crippen LogP contribution in [0, 0.1) is 0 Å². The van der Waals surface area contributed by atoms with Crippen LogP contribution in [0.25, 0.3) is 0 Å². The molecule has 0 fully saturated rings. The zero-order valence-electron chi connectivity index (χ0n) is 7.41. The SMILES string of the molecule is O=S(=O)(Cl)c1ccccc1CCCF. The summed E-state index contributed by atoms with van der Waals surface area (Å²) < 4.78 is 34.1. The second-order valence-corrected chi connectivity index (χ2v) is 5.37. The van der Waals surface area contributed by atoms with Crippen molar-refractivity contribution >= 4 is 19.7 Å². The Hall–Kier alpha value is -0.610. The molecule has 0 spiro atoms. The standard InChI is InChI=1S/C9H10ClFO2S/c10-14(12,13)9-6-2-1-4-8(9)5-3-7-11/h1-2,4,6H,3,5,7H2. The summed E-state index contributed by atoms with van der Waals surface area (Å²) in [5, 5.41) is 0. The predicted molar refractivity (Wildman–Crippen MR) is 53.8 cm³/mol. The Bertz CT molecular complexity index is 403. The topological polar surface area (TPSA) is 34.1 Å². The van der Waals surface area contributed by atoms with Gasteiger partial charge in [0, 0.05) is 10.7 Å². The molecule has 0 heterocycles. The molecule has 0 radical (unpaired) electrons. The summed E-state index contributed by atoms with van der Waals surface area (Å²) in [4.78, 5) is 0.0788. The highest BCUT2D eigenvalue weighted by molar-refractivity contribution is 8.13. The van der Waals surface area contributed by atoms with E-state index >= 15 is 0 Å². The van der Waals surface area contributed by atoms with Gasteiger partial charge >= 0.3 is 0 Å². The van der Waals surface area contributed by atoms with Crippen LogP contribution in [0.15, 0.2) is 29.2 Å². The lowest BCUT2D eigenvalue weighted by molar-refractivity contribution is 0.472. The maximum atomic E-state index is 11.9. The lowest BCUT2D eigenvalue weighted by atomic mass is 10.1. The van der Waals surface area contributed by atoms with Crippen LogP contribution in [0.1, 0.15) is 12.0 Å². The van der Waals surface area contributed by atoms with Gasteiger partial charge in [-0.3, -0.25) is 4.39 Å². The number of rotatable bonds is 4. The normalized spacial score (nSPS) is 11.6. The van der Waals surface area contributed by atoms with Gasteiger partial charge < -0.3 is 0 Å². The highest BCUT2D eigenvalue weighted by Crippen LogP contribution is 2.20. The Labute approximate surface area is 87.1 Å². The Morgan fingerprint density at radius 1 is 1.29 bits per heavy atom. The Kier molecular flexibility index (Phi) is 3.89. The molecule has 0 aliphatic carbocycles. The van der Waals surface area contributed by atoms with Crippen molar-refractivity contribution in [3.8, 4) is 0 Å². The maximum Gasteiger partial charge on any atom is 0.261 e. The number of hydrogen-bond acceptors (Lipinski definition) is 2. The van der Waals surface area contributed by atoms with Crippen LogP contribution < -0.4 is 0 Å². The van der Waals surface area contributed by atoms with Gasteiger partial charge in [0.05, 0.1) is 11.6 Å². The summed E-state index contributed by atoms with van der Waals surface area (Å²) in [6.45, 7) is -0.462. The first-order chi connectivity index (χ1) is 6.55. The van der Waals surface area contributed by atoms with Crippen LogP contribution in [-0.4, -0.2) is 15.1 Å². The third kappa shape index (κ3) is 2.96. The van der Waals surface area contributed by atoms with E-state index in [2.05, 4.69) is 0 Å². The van der Waals surface area contributed by atoms with Gasteiger partial charge in [0.2, 0.25) is 0 Å². The van der Waals surface area contributed by atoms with Crippen LogP contribution in [0.3, 0.4) is 0 Å². The first-order valence-corrected chi connectivity index (χ1v) is 6.45. The summed E-state index contributed by atoms with van der Waals surface area (Å²) >= 11 is 0. The van der Waals surface area contributed by atoms with E-state index in [1.807, 2.05) is 0 Å². The van der Waals surface area contributed by atoms with Crippen molar-refractivity contribution in [1.29, 1.82) is 0 Å². The fraction of sp³-hybridized carbons (Fsp3) is 0.333. The number of aryl methyl sites for hydroxylation is 1. The molecular weight excluding hydrogens is 227 g/mol. The molecule has 0 bridgehead atoms. The van der Waals surface area contributed by atoms with E-state index in [1.54, 1.807) is 18.2 Å². The van der Waals surface area contributed by atoms with Gasteiger partial charge in [-0.05, 0) is 24.5 Å². The van der Waals surface area contributed by atoms with Gasteiger partial charge in [-0.2, -0.15) is 0 Å². The average molecular weight is 237 g/mol. The molecule has 1 aromatic carbocycles.